The fourth-order valence-corrected chi connectivity index (χ4v) is 3.45. The number of halogens is 2. The van der Waals surface area contributed by atoms with Crippen molar-refractivity contribution in [1.82, 2.24) is 9.88 Å². The molecular weight excluding hydrogens is 402 g/mol. The van der Waals surface area contributed by atoms with E-state index in [1.54, 1.807) is 20.9 Å². The average molecular weight is 422 g/mol. The first-order valence-corrected chi connectivity index (χ1v) is 9.54. The maximum atomic E-state index is 13.9. The molecule has 1 aliphatic rings. The number of carbonyl (C=O) groups excluding carboxylic acids is 2. The van der Waals surface area contributed by atoms with Crippen molar-refractivity contribution in [2.24, 2.45) is 0 Å². The molecule has 9 heteroatoms. The highest BCUT2D eigenvalue weighted by molar-refractivity contribution is 7.15. The van der Waals surface area contributed by atoms with E-state index in [1.807, 2.05) is 0 Å². The molecule has 1 N–H and O–H groups in total. The molecule has 2 heterocycles. The third kappa shape index (κ3) is 5.16. The van der Waals surface area contributed by atoms with Crippen LogP contribution in [0.25, 0.3) is 10.6 Å². The minimum atomic E-state index is -0.808. The zero-order valence-corrected chi connectivity index (χ0v) is 17.0. The van der Waals surface area contributed by atoms with Crippen LogP contribution >= 0.6 is 11.3 Å². The number of carbonyl (C=O) groups is 2. The largest absolute Gasteiger partial charge is 0.461 e. The van der Waals surface area contributed by atoms with E-state index in [0.29, 0.717) is 23.9 Å². The van der Waals surface area contributed by atoms with E-state index in [-0.39, 0.29) is 34.3 Å². The van der Waals surface area contributed by atoms with Crippen molar-refractivity contribution in [3.8, 4) is 22.9 Å². The third-order valence-corrected chi connectivity index (χ3v) is 5.11. The van der Waals surface area contributed by atoms with Crippen molar-refractivity contribution >= 4 is 23.2 Å². The standard InChI is InChI=1S/C15H11F2NO2S.C5H9NO2/c1-4-9-6-10(12(17)7-11(9)16)14-18-13(8(3)21-14)15(19)20-5-2;1-6-3-2-4(7)5(6)8/h1,6-7H,5H2,2-3H3;4,7H,2-3H2,1H3. The molecule has 3 rings (SSSR count). The van der Waals surface area contributed by atoms with Crippen molar-refractivity contribution in [3.05, 3.63) is 39.9 Å². The van der Waals surface area contributed by atoms with Gasteiger partial charge in [0, 0.05) is 30.1 Å². The van der Waals surface area contributed by atoms with Crippen LogP contribution in [0.5, 0.6) is 0 Å². The fourth-order valence-electron chi connectivity index (χ4n) is 2.53. The molecule has 1 unspecified atom stereocenters. The highest BCUT2D eigenvalue weighted by Gasteiger charge is 2.26. The van der Waals surface area contributed by atoms with Gasteiger partial charge in [0.1, 0.15) is 22.7 Å². The molecule has 6 nitrogen and oxygen atoms in total. The Hall–Kier alpha value is -2.83. The number of ether oxygens (including phenoxy) is 1. The Balaban J connectivity index is 0.000000313. The Kier molecular flexibility index (Phi) is 7.42. The zero-order valence-electron chi connectivity index (χ0n) is 16.2. The van der Waals surface area contributed by atoms with Crippen LogP contribution in [-0.4, -0.2) is 53.2 Å². The lowest BCUT2D eigenvalue weighted by molar-refractivity contribution is -0.133. The van der Waals surface area contributed by atoms with E-state index in [2.05, 4.69) is 10.9 Å². The van der Waals surface area contributed by atoms with Crippen LogP contribution in [0.4, 0.5) is 8.78 Å². The number of hydrogen-bond acceptors (Lipinski definition) is 6. The van der Waals surface area contributed by atoms with Gasteiger partial charge in [0.2, 0.25) is 0 Å². The summed E-state index contributed by atoms with van der Waals surface area (Å²) in [7, 11) is 1.69. The highest BCUT2D eigenvalue weighted by Crippen LogP contribution is 2.31. The van der Waals surface area contributed by atoms with Crippen LogP contribution in [0.1, 0.15) is 34.3 Å². The van der Waals surface area contributed by atoms with Crippen molar-refractivity contribution in [1.29, 1.82) is 0 Å². The number of aryl methyl sites for hydroxylation is 1. The Morgan fingerprint density at radius 2 is 2.14 bits per heavy atom. The molecule has 0 saturated carbocycles. The van der Waals surface area contributed by atoms with Crippen LogP contribution < -0.4 is 0 Å². The van der Waals surface area contributed by atoms with Crippen LogP contribution in [-0.2, 0) is 9.53 Å². The Bertz CT molecular complexity index is 956. The van der Waals surface area contributed by atoms with Crippen molar-refractivity contribution < 1.29 is 28.2 Å². The van der Waals surface area contributed by atoms with Crippen LogP contribution in [0.3, 0.4) is 0 Å². The molecule has 154 valence electrons. The number of aliphatic hydroxyl groups excluding tert-OH is 1. The molecule has 29 heavy (non-hydrogen) atoms. The Labute approximate surface area is 171 Å². The van der Waals surface area contributed by atoms with E-state index in [0.717, 1.165) is 11.3 Å². The monoisotopic (exact) mass is 422 g/mol. The first kappa shape index (κ1) is 22.5. The van der Waals surface area contributed by atoms with Gasteiger partial charge in [0.25, 0.3) is 5.91 Å². The number of esters is 1. The smallest absolute Gasteiger partial charge is 0.358 e. The lowest BCUT2D eigenvalue weighted by Crippen LogP contribution is -2.24. The summed E-state index contributed by atoms with van der Waals surface area (Å²) in [6.45, 7) is 4.27. The Morgan fingerprint density at radius 3 is 2.62 bits per heavy atom. The summed E-state index contributed by atoms with van der Waals surface area (Å²) in [5.74, 6) is -0.169. The van der Waals surface area contributed by atoms with E-state index in [1.165, 1.54) is 11.0 Å². The van der Waals surface area contributed by atoms with Crippen LogP contribution in [0.2, 0.25) is 0 Å². The van der Waals surface area contributed by atoms with Gasteiger partial charge >= 0.3 is 5.97 Å². The highest BCUT2D eigenvalue weighted by atomic mass is 32.1. The second-order valence-electron chi connectivity index (χ2n) is 6.16. The third-order valence-electron chi connectivity index (χ3n) is 4.11. The zero-order chi connectivity index (χ0) is 21.7. The molecular formula is C20H20F2N2O4S. The van der Waals surface area contributed by atoms with Gasteiger partial charge in [-0.25, -0.2) is 18.6 Å². The van der Waals surface area contributed by atoms with E-state index in [4.69, 9.17) is 16.3 Å². The van der Waals surface area contributed by atoms with Crippen molar-refractivity contribution in [2.45, 2.75) is 26.4 Å². The number of benzene rings is 1. The lowest BCUT2D eigenvalue weighted by Gasteiger charge is -2.04. The van der Waals surface area contributed by atoms with E-state index in [9.17, 15) is 18.4 Å². The quantitative estimate of drug-likeness (QED) is 0.608. The summed E-state index contributed by atoms with van der Waals surface area (Å²) >= 11 is 1.12. The lowest BCUT2D eigenvalue weighted by atomic mass is 10.1. The fraction of sp³-hybridized carbons (Fsp3) is 0.350. The maximum Gasteiger partial charge on any atom is 0.358 e. The van der Waals surface area contributed by atoms with Crippen molar-refractivity contribution in [2.75, 3.05) is 20.2 Å². The minimum Gasteiger partial charge on any atom is -0.461 e. The van der Waals surface area contributed by atoms with Gasteiger partial charge in [-0.05, 0) is 26.3 Å². The molecule has 1 aliphatic heterocycles. The van der Waals surface area contributed by atoms with Gasteiger partial charge in [-0.2, -0.15) is 0 Å². The summed E-state index contributed by atoms with van der Waals surface area (Å²) in [5.41, 5.74) is 0.132. The minimum absolute atomic E-state index is 0.0584. The van der Waals surface area contributed by atoms with Gasteiger partial charge in [0.15, 0.2) is 5.69 Å². The summed E-state index contributed by atoms with van der Waals surface area (Å²) in [6, 6.07) is 1.92. The van der Waals surface area contributed by atoms with Crippen LogP contribution in [0.15, 0.2) is 12.1 Å². The number of likely N-dealkylation sites (tertiary alicyclic amines) is 1. The number of amides is 1. The molecule has 0 spiro atoms. The molecule has 1 amide bonds. The average Bonchev–Trinajstić information content (AvgIpc) is 3.20. The summed E-state index contributed by atoms with van der Waals surface area (Å²) < 4.78 is 32.1. The molecule has 1 aromatic heterocycles. The predicted molar refractivity (Wildman–Crippen MR) is 104 cm³/mol. The number of thiazole rings is 1. The Morgan fingerprint density at radius 1 is 1.45 bits per heavy atom. The maximum absolute atomic E-state index is 13.9. The second kappa shape index (κ2) is 9.58. The molecule has 0 bridgehead atoms. The molecule has 1 aromatic carbocycles. The number of aromatic nitrogens is 1. The molecule has 1 atom stereocenters. The first-order valence-electron chi connectivity index (χ1n) is 8.73. The van der Waals surface area contributed by atoms with Gasteiger partial charge in [-0.15, -0.1) is 17.8 Å². The summed E-state index contributed by atoms with van der Waals surface area (Å²) in [4.78, 5) is 28.5. The van der Waals surface area contributed by atoms with Gasteiger partial charge in [0.05, 0.1) is 12.2 Å². The van der Waals surface area contributed by atoms with Crippen molar-refractivity contribution in [3.63, 3.8) is 0 Å². The molecule has 2 aromatic rings. The number of likely N-dealkylation sites (N-methyl/N-ethyl adjacent to an activating group) is 1. The normalized spacial score (nSPS) is 15.6. The number of rotatable bonds is 3. The summed E-state index contributed by atoms with van der Waals surface area (Å²) in [5, 5.41) is 9.03. The molecule has 1 fully saturated rings. The number of hydrogen-bond donors (Lipinski definition) is 1. The number of nitrogens with zero attached hydrogens (tertiary/aromatic N) is 2. The second-order valence-corrected chi connectivity index (χ2v) is 7.37. The molecule has 0 radical (unpaired) electrons. The van der Waals surface area contributed by atoms with Gasteiger partial charge in [-0.1, -0.05) is 5.92 Å². The van der Waals surface area contributed by atoms with Gasteiger partial charge < -0.3 is 14.7 Å². The molecule has 1 saturated heterocycles. The topological polar surface area (TPSA) is 79.7 Å². The predicted octanol–water partition coefficient (Wildman–Crippen LogP) is 2.76. The summed E-state index contributed by atoms with van der Waals surface area (Å²) in [6.07, 6.45) is 5.04. The van der Waals surface area contributed by atoms with E-state index >= 15 is 0 Å². The molecule has 0 aliphatic carbocycles. The number of terminal acetylenes is 1. The SMILES string of the molecule is C#Cc1cc(-c2nc(C(=O)OCC)c(C)s2)c(F)cc1F.CN1CCC(O)C1=O. The van der Waals surface area contributed by atoms with Crippen LogP contribution in [0, 0.1) is 30.9 Å². The van der Waals surface area contributed by atoms with Gasteiger partial charge in [-0.3, -0.25) is 4.79 Å². The first-order chi connectivity index (χ1) is 13.7. The number of aliphatic hydroxyl groups is 1. The van der Waals surface area contributed by atoms with E-state index < -0.39 is 23.7 Å².